The van der Waals surface area contributed by atoms with Crippen LogP contribution in [0.25, 0.3) is 0 Å². The lowest BCUT2D eigenvalue weighted by Crippen LogP contribution is -2.40. The van der Waals surface area contributed by atoms with E-state index >= 15 is 0 Å². The predicted molar refractivity (Wildman–Crippen MR) is 69.8 cm³/mol. The lowest BCUT2D eigenvalue weighted by molar-refractivity contribution is 0.184. The van der Waals surface area contributed by atoms with E-state index in [0.717, 1.165) is 25.8 Å². The average molecular weight is 267 g/mol. The van der Waals surface area contributed by atoms with Crippen LogP contribution in [0.5, 0.6) is 5.75 Å². The van der Waals surface area contributed by atoms with Gasteiger partial charge in [0.25, 0.3) is 0 Å². The van der Waals surface area contributed by atoms with Crippen LogP contribution < -0.4 is 10.1 Å². The van der Waals surface area contributed by atoms with Crippen LogP contribution in [0, 0.1) is 5.41 Å². The maximum atomic E-state index is 12.5. The zero-order chi connectivity index (χ0) is 12.8. The monoisotopic (exact) mass is 267 g/mol. The summed E-state index contributed by atoms with van der Waals surface area (Å²) < 4.78 is 30.2. The van der Waals surface area contributed by atoms with Crippen LogP contribution in [0.15, 0.2) is 23.1 Å². The first-order chi connectivity index (χ1) is 8.56. The molecule has 1 spiro atoms. The summed E-state index contributed by atoms with van der Waals surface area (Å²) in [6, 6.07) is 5.19. The molecule has 0 amide bonds. The number of rotatable bonds is 1. The standard InChI is InChI=1S/C13H17NO3S/c1-17-10-4-2-5-11-12(10)14-8-13(6-3-7-13)9-18(11,15)16/h2,4-5,14H,3,6-9H2,1H3. The molecule has 0 radical (unpaired) electrons. The summed E-state index contributed by atoms with van der Waals surface area (Å²) in [5.41, 5.74) is 0.562. The molecule has 1 heterocycles. The third-order valence-corrected chi connectivity index (χ3v) is 6.10. The number of para-hydroxylation sites is 1. The van der Waals surface area contributed by atoms with Gasteiger partial charge in [-0.1, -0.05) is 12.5 Å². The molecule has 2 aliphatic rings. The zero-order valence-corrected chi connectivity index (χ0v) is 11.2. The Kier molecular flexibility index (Phi) is 2.55. The molecule has 1 N–H and O–H groups in total. The molecule has 0 bridgehead atoms. The summed E-state index contributed by atoms with van der Waals surface area (Å²) in [5, 5.41) is 3.29. The van der Waals surface area contributed by atoms with Crippen molar-refractivity contribution in [3.05, 3.63) is 18.2 Å². The van der Waals surface area contributed by atoms with E-state index in [9.17, 15) is 8.42 Å². The number of methoxy groups -OCH3 is 1. The molecule has 3 rings (SSSR count). The van der Waals surface area contributed by atoms with Gasteiger partial charge in [-0.05, 0) is 25.0 Å². The lowest BCUT2D eigenvalue weighted by Gasteiger charge is -2.40. The smallest absolute Gasteiger partial charge is 0.181 e. The highest BCUT2D eigenvalue weighted by atomic mass is 32.2. The fraction of sp³-hybridized carbons (Fsp3) is 0.538. The van der Waals surface area contributed by atoms with Crippen molar-refractivity contribution in [3.8, 4) is 5.75 Å². The first-order valence-corrected chi connectivity index (χ1v) is 7.85. The highest BCUT2D eigenvalue weighted by Gasteiger charge is 2.44. The van der Waals surface area contributed by atoms with Crippen LogP contribution in [0.2, 0.25) is 0 Å². The van der Waals surface area contributed by atoms with E-state index in [0.29, 0.717) is 16.3 Å². The number of sulfone groups is 1. The molecular formula is C13H17NO3S. The van der Waals surface area contributed by atoms with Crippen molar-refractivity contribution in [3.63, 3.8) is 0 Å². The van der Waals surface area contributed by atoms with Crippen molar-refractivity contribution < 1.29 is 13.2 Å². The van der Waals surface area contributed by atoms with Gasteiger partial charge in [-0.3, -0.25) is 0 Å². The summed E-state index contributed by atoms with van der Waals surface area (Å²) in [5.74, 6) is 0.861. The minimum Gasteiger partial charge on any atom is -0.495 e. The first-order valence-electron chi connectivity index (χ1n) is 6.20. The quantitative estimate of drug-likeness (QED) is 0.846. The molecular weight excluding hydrogens is 250 g/mol. The van der Waals surface area contributed by atoms with Gasteiger partial charge in [-0.25, -0.2) is 8.42 Å². The van der Waals surface area contributed by atoms with Crippen molar-refractivity contribution in [1.29, 1.82) is 0 Å². The molecule has 1 saturated carbocycles. The molecule has 18 heavy (non-hydrogen) atoms. The van der Waals surface area contributed by atoms with Gasteiger partial charge in [0, 0.05) is 12.0 Å². The fourth-order valence-electron chi connectivity index (χ4n) is 2.92. The van der Waals surface area contributed by atoms with Gasteiger partial charge in [-0.2, -0.15) is 0 Å². The number of anilines is 1. The second-order valence-corrected chi connectivity index (χ2v) is 7.26. The van der Waals surface area contributed by atoms with Crippen molar-refractivity contribution in [1.82, 2.24) is 0 Å². The molecule has 4 nitrogen and oxygen atoms in total. The van der Waals surface area contributed by atoms with Crippen molar-refractivity contribution in [2.75, 3.05) is 24.7 Å². The van der Waals surface area contributed by atoms with Crippen LogP contribution in [0.3, 0.4) is 0 Å². The third-order valence-electron chi connectivity index (χ3n) is 4.09. The molecule has 0 atom stereocenters. The van der Waals surface area contributed by atoms with Crippen LogP contribution in [-0.4, -0.2) is 27.8 Å². The van der Waals surface area contributed by atoms with Gasteiger partial charge in [0.15, 0.2) is 9.84 Å². The topological polar surface area (TPSA) is 55.4 Å². The van der Waals surface area contributed by atoms with Gasteiger partial charge >= 0.3 is 0 Å². The number of fused-ring (bicyclic) bond motifs is 1. The SMILES string of the molecule is COc1cccc2c1NCC1(CCC1)CS2(=O)=O. The van der Waals surface area contributed by atoms with E-state index in [2.05, 4.69) is 5.32 Å². The van der Waals surface area contributed by atoms with Gasteiger partial charge in [0.05, 0.1) is 23.4 Å². The molecule has 1 aromatic rings. The Morgan fingerprint density at radius 3 is 2.72 bits per heavy atom. The molecule has 0 saturated heterocycles. The number of ether oxygens (including phenoxy) is 1. The Labute approximate surface area is 107 Å². The van der Waals surface area contributed by atoms with Crippen LogP contribution >= 0.6 is 0 Å². The summed E-state index contributed by atoms with van der Waals surface area (Å²) in [6.45, 7) is 0.722. The first kappa shape index (κ1) is 11.8. The fourth-order valence-corrected chi connectivity index (χ4v) is 5.04. The number of hydrogen-bond donors (Lipinski definition) is 1. The highest BCUT2D eigenvalue weighted by Crippen LogP contribution is 2.47. The van der Waals surface area contributed by atoms with Gasteiger partial charge < -0.3 is 10.1 Å². The highest BCUT2D eigenvalue weighted by molar-refractivity contribution is 7.91. The second kappa shape index (κ2) is 3.88. The normalized spacial score (nSPS) is 23.4. The summed E-state index contributed by atoms with van der Waals surface area (Å²) in [7, 11) is -1.66. The molecule has 0 aromatic heterocycles. The molecule has 1 aliphatic heterocycles. The van der Waals surface area contributed by atoms with Crippen LogP contribution in [-0.2, 0) is 9.84 Å². The maximum absolute atomic E-state index is 12.5. The van der Waals surface area contributed by atoms with E-state index in [4.69, 9.17) is 4.74 Å². The molecule has 98 valence electrons. The third kappa shape index (κ3) is 1.68. The molecule has 0 unspecified atom stereocenters. The van der Waals surface area contributed by atoms with Crippen LogP contribution in [0.1, 0.15) is 19.3 Å². The Bertz CT molecular complexity index is 576. The van der Waals surface area contributed by atoms with Crippen molar-refractivity contribution in [2.45, 2.75) is 24.2 Å². The predicted octanol–water partition coefficient (Wildman–Crippen LogP) is 2.06. The van der Waals surface area contributed by atoms with E-state index in [1.165, 1.54) is 0 Å². The lowest BCUT2D eigenvalue weighted by atomic mass is 9.70. The zero-order valence-electron chi connectivity index (χ0n) is 10.4. The van der Waals surface area contributed by atoms with Gasteiger partial charge in [-0.15, -0.1) is 0 Å². The largest absolute Gasteiger partial charge is 0.495 e. The van der Waals surface area contributed by atoms with Crippen molar-refractivity contribution >= 4 is 15.5 Å². The minimum atomic E-state index is -3.22. The van der Waals surface area contributed by atoms with Crippen LogP contribution in [0.4, 0.5) is 5.69 Å². The summed E-state index contributed by atoms with van der Waals surface area (Å²) in [6.07, 6.45) is 3.12. The Morgan fingerprint density at radius 2 is 2.11 bits per heavy atom. The summed E-state index contributed by atoms with van der Waals surface area (Å²) in [4.78, 5) is 0.380. The Hall–Kier alpha value is -1.23. The minimum absolute atomic E-state index is 0.0666. The van der Waals surface area contributed by atoms with Gasteiger partial charge in [0.1, 0.15) is 5.75 Å². The van der Waals surface area contributed by atoms with E-state index in [1.807, 2.05) is 0 Å². The molecule has 1 aromatic carbocycles. The van der Waals surface area contributed by atoms with E-state index < -0.39 is 9.84 Å². The van der Waals surface area contributed by atoms with Crippen molar-refractivity contribution in [2.24, 2.45) is 5.41 Å². The van der Waals surface area contributed by atoms with E-state index in [-0.39, 0.29) is 11.2 Å². The number of nitrogens with one attached hydrogen (secondary N) is 1. The molecule has 1 fully saturated rings. The second-order valence-electron chi connectivity index (χ2n) is 5.30. The number of hydrogen-bond acceptors (Lipinski definition) is 4. The maximum Gasteiger partial charge on any atom is 0.181 e. The Balaban J connectivity index is 2.12. The van der Waals surface area contributed by atoms with Gasteiger partial charge in [0.2, 0.25) is 0 Å². The Morgan fingerprint density at radius 1 is 1.33 bits per heavy atom. The average Bonchev–Trinajstić information content (AvgIpc) is 2.43. The molecule has 5 heteroatoms. The van der Waals surface area contributed by atoms with E-state index in [1.54, 1.807) is 25.3 Å². The number of benzene rings is 1. The molecule has 1 aliphatic carbocycles. The summed E-state index contributed by atoms with van der Waals surface area (Å²) >= 11 is 0.